The number of anilines is 1. The van der Waals surface area contributed by atoms with E-state index in [1.807, 2.05) is 29.2 Å². The number of carbonyl (C=O) groups is 1. The lowest BCUT2D eigenvalue weighted by molar-refractivity contribution is 0.0986. The summed E-state index contributed by atoms with van der Waals surface area (Å²) in [6.07, 6.45) is 1.75. The summed E-state index contributed by atoms with van der Waals surface area (Å²) in [5, 5.41) is 0.770. The van der Waals surface area contributed by atoms with Crippen LogP contribution in [0.25, 0.3) is 10.2 Å². The van der Waals surface area contributed by atoms with Crippen LogP contribution in [0.4, 0.5) is 5.13 Å². The van der Waals surface area contributed by atoms with Gasteiger partial charge in [-0.3, -0.25) is 9.69 Å². The fourth-order valence-corrected chi connectivity index (χ4v) is 4.84. The minimum absolute atomic E-state index is 0. The summed E-state index contributed by atoms with van der Waals surface area (Å²) in [5.41, 5.74) is 5.28. The van der Waals surface area contributed by atoms with Gasteiger partial charge in [-0.15, -0.1) is 12.4 Å². The summed E-state index contributed by atoms with van der Waals surface area (Å²) in [6, 6.07) is 24.6. The monoisotopic (exact) mass is 479 g/mol. The minimum atomic E-state index is 0. The van der Waals surface area contributed by atoms with Crippen molar-refractivity contribution in [3.8, 4) is 0 Å². The SMILES string of the molecule is Cc1cccc2sc(N(CCCN(C)C)C(=O)c3ccc(Cc4ccccc4)cc3)nc12.Cl. The predicted molar refractivity (Wildman–Crippen MR) is 142 cm³/mol. The maximum absolute atomic E-state index is 13.5. The number of thiazole rings is 1. The normalized spacial score (nSPS) is 10.9. The van der Waals surface area contributed by atoms with E-state index in [-0.39, 0.29) is 18.3 Å². The molecule has 0 fully saturated rings. The first-order valence-corrected chi connectivity index (χ1v) is 11.8. The van der Waals surface area contributed by atoms with E-state index < -0.39 is 0 Å². The molecule has 0 bridgehead atoms. The van der Waals surface area contributed by atoms with Gasteiger partial charge in [-0.25, -0.2) is 4.98 Å². The van der Waals surface area contributed by atoms with Crippen molar-refractivity contribution in [2.24, 2.45) is 0 Å². The van der Waals surface area contributed by atoms with Crippen LogP contribution in [0.3, 0.4) is 0 Å². The number of aromatic nitrogens is 1. The number of hydrogen-bond donors (Lipinski definition) is 0. The van der Waals surface area contributed by atoms with Crippen LogP contribution in [-0.2, 0) is 6.42 Å². The van der Waals surface area contributed by atoms with Crippen molar-refractivity contribution in [1.29, 1.82) is 0 Å². The lowest BCUT2D eigenvalue weighted by Crippen LogP contribution is -2.33. The standard InChI is InChI=1S/C27H29N3OS.ClH/c1-20-9-7-12-24-25(20)28-27(32-24)30(18-8-17-29(2)3)26(31)23-15-13-22(14-16-23)19-21-10-5-4-6-11-21;/h4-7,9-16H,8,17-19H2,1-3H3;1H. The van der Waals surface area contributed by atoms with E-state index >= 15 is 0 Å². The highest BCUT2D eigenvalue weighted by Crippen LogP contribution is 2.31. The van der Waals surface area contributed by atoms with Crippen LogP contribution in [0.2, 0.25) is 0 Å². The molecular formula is C27H30ClN3OS. The summed E-state index contributed by atoms with van der Waals surface area (Å²) in [7, 11) is 4.11. The fourth-order valence-electron chi connectivity index (χ4n) is 3.77. The molecule has 172 valence electrons. The molecule has 1 heterocycles. The van der Waals surface area contributed by atoms with Gasteiger partial charge in [0.15, 0.2) is 5.13 Å². The number of carbonyl (C=O) groups excluding carboxylic acids is 1. The van der Waals surface area contributed by atoms with E-state index in [0.717, 1.165) is 40.3 Å². The molecule has 33 heavy (non-hydrogen) atoms. The highest BCUT2D eigenvalue weighted by atomic mass is 35.5. The van der Waals surface area contributed by atoms with Gasteiger partial charge in [0.05, 0.1) is 10.2 Å². The maximum atomic E-state index is 13.5. The van der Waals surface area contributed by atoms with E-state index in [9.17, 15) is 4.79 Å². The van der Waals surface area contributed by atoms with E-state index in [2.05, 4.69) is 74.4 Å². The number of hydrogen-bond acceptors (Lipinski definition) is 4. The molecule has 6 heteroatoms. The summed E-state index contributed by atoms with van der Waals surface area (Å²) in [4.78, 5) is 22.4. The topological polar surface area (TPSA) is 36.4 Å². The van der Waals surface area contributed by atoms with Crippen LogP contribution in [0, 0.1) is 6.92 Å². The van der Waals surface area contributed by atoms with Crippen molar-refractivity contribution in [3.63, 3.8) is 0 Å². The Morgan fingerprint density at radius 2 is 1.58 bits per heavy atom. The molecule has 0 spiro atoms. The van der Waals surface area contributed by atoms with Crippen LogP contribution >= 0.6 is 23.7 Å². The molecular weight excluding hydrogens is 450 g/mol. The van der Waals surface area contributed by atoms with Gasteiger partial charge in [0.2, 0.25) is 0 Å². The van der Waals surface area contributed by atoms with Gasteiger partial charge in [-0.1, -0.05) is 65.9 Å². The van der Waals surface area contributed by atoms with Crippen LogP contribution in [0.1, 0.15) is 33.5 Å². The Labute approximate surface area is 206 Å². The number of aryl methyl sites for hydroxylation is 1. The van der Waals surface area contributed by atoms with Gasteiger partial charge in [-0.05, 0) is 75.3 Å². The average molecular weight is 480 g/mol. The number of fused-ring (bicyclic) bond motifs is 1. The number of para-hydroxylation sites is 1. The third-order valence-corrected chi connectivity index (χ3v) is 6.57. The largest absolute Gasteiger partial charge is 0.309 e. The lowest BCUT2D eigenvalue weighted by Gasteiger charge is -2.21. The second-order valence-electron chi connectivity index (χ2n) is 8.39. The van der Waals surface area contributed by atoms with Crippen LogP contribution in [0.15, 0.2) is 72.8 Å². The smallest absolute Gasteiger partial charge is 0.260 e. The van der Waals surface area contributed by atoms with E-state index in [1.54, 1.807) is 11.3 Å². The van der Waals surface area contributed by atoms with Gasteiger partial charge in [0.25, 0.3) is 5.91 Å². The molecule has 0 radical (unpaired) electrons. The molecule has 1 aromatic heterocycles. The highest BCUT2D eigenvalue weighted by molar-refractivity contribution is 7.22. The Balaban J connectivity index is 0.00000306. The summed E-state index contributed by atoms with van der Waals surface area (Å²) >= 11 is 1.59. The first kappa shape index (κ1) is 24.9. The number of amides is 1. The van der Waals surface area contributed by atoms with E-state index in [4.69, 9.17) is 4.98 Å². The molecule has 4 nitrogen and oxygen atoms in total. The Kier molecular flexibility index (Phi) is 8.61. The van der Waals surface area contributed by atoms with Crippen molar-refractivity contribution in [2.45, 2.75) is 19.8 Å². The molecule has 0 unspecified atom stereocenters. The molecule has 3 aromatic carbocycles. The fraction of sp³-hybridized carbons (Fsp3) is 0.259. The molecule has 4 aromatic rings. The second-order valence-corrected chi connectivity index (χ2v) is 9.40. The molecule has 0 saturated heterocycles. The number of rotatable bonds is 8. The van der Waals surface area contributed by atoms with Gasteiger partial charge >= 0.3 is 0 Å². The Morgan fingerprint density at radius 3 is 2.24 bits per heavy atom. The van der Waals surface area contributed by atoms with E-state index in [0.29, 0.717) is 12.1 Å². The number of halogens is 1. The Hall–Kier alpha value is -2.73. The molecule has 0 aliphatic rings. The predicted octanol–water partition coefficient (Wildman–Crippen LogP) is 6.22. The van der Waals surface area contributed by atoms with Crippen LogP contribution < -0.4 is 4.90 Å². The molecule has 0 N–H and O–H groups in total. The molecule has 4 rings (SSSR count). The van der Waals surface area contributed by atoms with Crippen molar-refractivity contribution in [3.05, 3.63) is 95.1 Å². The summed E-state index contributed by atoms with van der Waals surface area (Å²) in [5.74, 6) is 0.00623. The summed E-state index contributed by atoms with van der Waals surface area (Å²) in [6.45, 7) is 3.63. The Bertz CT molecular complexity index is 1190. The van der Waals surface area contributed by atoms with Crippen LogP contribution in [-0.4, -0.2) is 43.0 Å². The molecule has 1 amide bonds. The van der Waals surface area contributed by atoms with Gasteiger partial charge in [0.1, 0.15) is 0 Å². The van der Waals surface area contributed by atoms with Crippen LogP contribution in [0.5, 0.6) is 0 Å². The molecule has 0 saturated carbocycles. The zero-order valence-corrected chi connectivity index (χ0v) is 21.0. The highest BCUT2D eigenvalue weighted by Gasteiger charge is 2.21. The van der Waals surface area contributed by atoms with Crippen molar-refractivity contribution in [1.82, 2.24) is 9.88 Å². The zero-order chi connectivity index (χ0) is 22.5. The first-order valence-electron chi connectivity index (χ1n) is 11.0. The van der Waals surface area contributed by atoms with Gasteiger partial charge in [0, 0.05) is 12.1 Å². The third-order valence-electron chi connectivity index (χ3n) is 5.52. The molecule has 0 aliphatic heterocycles. The van der Waals surface area contributed by atoms with Crippen molar-refractivity contribution < 1.29 is 4.79 Å². The lowest BCUT2D eigenvalue weighted by atomic mass is 10.0. The number of benzene rings is 3. The average Bonchev–Trinajstić information content (AvgIpc) is 3.23. The Morgan fingerprint density at radius 1 is 0.879 bits per heavy atom. The van der Waals surface area contributed by atoms with Crippen molar-refractivity contribution >= 4 is 45.0 Å². The number of nitrogens with zero attached hydrogens (tertiary/aromatic N) is 3. The maximum Gasteiger partial charge on any atom is 0.260 e. The zero-order valence-electron chi connectivity index (χ0n) is 19.3. The second kappa shape index (κ2) is 11.4. The third kappa shape index (κ3) is 6.20. The first-order chi connectivity index (χ1) is 15.5. The minimum Gasteiger partial charge on any atom is -0.309 e. The van der Waals surface area contributed by atoms with E-state index in [1.165, 1.54) is 11.1 Å². The molecule has 0 aliphatic carbocycles. The summed E-state index contributed by atoms with van der Waals surface area (Å²) < 4.78 is 1.11. The van der Waals surface area contributed by atoms with Gasteiger partial charge < -0.3 is 4.90 Å². The van der Waals surface area contributed by atoms with Crippen molar-refractivity contribution in [2.75, 3.05) is 32.1 Å². The quantitative estimate of drug-likeness (QED) is 0.301. The van der Waals surface area contributed by atoms with Gasteiger partial charge in [-0.2, -0.15) is 0 Å². The molecule has 0 atom stereocenters.